The van der Waals surface area contributed by atoms with E-state index in [4.69, 9.17) is 0 Å². The second-order valence-corrected chi connectivity index (χ2v) is 6.80. The number of hydrogen-bond acceptors (Lipinski definition) is 2. The minimum atomic E-state index is -0.291. The van der Waals surface area contributed by atoms with Gasteiger partial charge in [-0.05, 0) is 30.3 Å². The van der Waals surface area contributed by atoms with E-state index in [1.807, 2.05) is 18.2 Å². The second-order valence-electron chi connectivity index (χ2n) is 6.80. The third kappa shape index (κ3) is 1.57. The highest BCUT2D eigenvalue weighted by molar-refractivity contribution is 6.13. The summed E-state index contributed by atoms with van der Waals surface area (Å²) in [6, 6.07) is 9.17. The van der Waals surface area contributed by atoms with Gasteiger partial charge >= 0.3 is 0 Å². The quantitative estimate of drug-likeness (QED) is 0.603. The van der Waals surface area contributed by atoms with Crippen LogP contribution in [0.15, 0.2) is 42.0 Å². The van der Waals surface area contributed by atoms with E-state index < -0.39 is 0 Å². The molecule has 0 aliphatic heterocycles. The second kappa shape index (κ2) is 4.15. The average molecular weight is 268 g/mol. The van der Waals surface area contributed by atoms with E-state index in [1.165, 1.54) is 0 Å². The van der Waals surface area contributed by atoms with E-state index in [1.54, 1.807) is 18.2 Å². The molecule has 20 heavy (non-hydrogen) atoms. The predicted molar refractivity (Wildman–Crippen MR) is 78.5 cm³/mol. The molecule has 3 rings (SSSR count). The SMILES string of the molecule is CC1(C)[C@@H]2CC[C@@]1(C)C(=O)/C2=C\C(=O)c1ccccc1. The van der Waals surface area contributed by atoms with Gasteiger partial charge in [-0.2, -0.15) is 0 Å². The Kier molecular flexibility index (Phi) is 2.75. The Hall–Kier alpha value is -1.70. The van der Waals surface area contributed by atoms with E-state index in [9.17, 15) is 9.59 Å². The van der Waals surface area contributed by atoms with Crippen LogP contribution in [-0.2, 0) is 4.79 Å². The lowest BCUT2D eigenvalue weighted by molar-refractivity contribution is -0.125. The molecule has 0 aromatic heterocycles. The van der Waals surface area contributed by atoms with Crippen LogP contribution in [0.25, 0.3) is 0 Å². The van der Waals surface area contributed by atoms with Crippen molar-refractivity contribution in [3.8, 4) is 0 Å². The van der Waals surface area contributed by atoms with E-state index in [2.05, 4.69) is 20.8 Å². The Morgan fingerprint density at radius 1 is 1.20 bits per heavy atom. The molecule has 0 N–H and O–H groups in total. The fourth-order valence-corrected chi connectivity index (χ4v) is 3.92. The Labute approximate surface area is 119 Å². The van der Waals surface area contributed by atoms with Gasteiger partial charge in [0.05, 0.1) is 0 Å². The minimum Gasteiger partial charge on any atom is -0.294 e. The molecule has 0 radical (unpaired) electrons. The van der Waals surface area contributed by atoms with E-state index >= 15 is 0 Å². The van der Waals surface area contributed by atoms with Crippen LogP contribution in [0.5, 0.6) is 0 Å². The number of benzene rings is 1. The zero-order valence-corrected chi connectivity index (χ0v) is 12.3. The van der Waals surface area contributed by atoms with E-state index in [0.717, 1.165) is 18.4 Å². The number of hydrogen-bond donors (Lipinski definition) is 0. The van der Waals surface area contributed by atoms with Crippen LogP contribution >= 0.6 is 0 Å². The van der Waals surface area contributed by atoms with Crippen LogP contribution < -0.4 is 0 Å². The monoisotopic (exact) mass is 268 g/mol. The molecule has 2 nitrogen and oxygen atoms in total. The molecule has 0 amide bonds. The van der Waals surface area contributed by atoms with Crippen LogP contribution in [0.2, 0.25) is 0 Å². The van der Waals surface area contributed by atoms with Gasteiger partial charge in [-0.1, -0.05) is 51.1 Å². The summed E-state index contributed by atoms with van der Waals surface area (Å²) >= 11 is 0. The Morgan fingerprint density at radius 3 is 2.40 bits per heavy atom. The summed E-state index contributed by atoms with van der Waals surface area (Å²) in [4.78, 5) is 25.0. The van der Waals surface area contributed by atoms with Crippen molar-refractivity contribution >= 4 is 11.6 Å². The number of ketones is 2. The van der Waals surface area contributed by atoms with Gasteiger partial charge in [0, 0.05) is 16.6 Å². The normalized spacial score (nSPS) is 32.9. The van der Waals surface area contributed by atoms with Gasteiger partial charge in [0.25, 0.3) is 0 Å². The Morgan fingerprint density at radius 2 is 1.85 bits per heavy atom. The van der Waals surface area contributed by atoms with Gasteiger partial charge in [0.2, 0.25) is 0 Å². The smallest absolute Gasteiger partial charge is 0.186 e. The van der Waals surface area contributed by atoms with Crippen LogP contribution in [0.4, 0.5) is 0 Å². The fourth-order valence-electron chi connectivity index (χ4n) is 3.92. The molecule has 1 aromatic rings. The largest absolute Gasteiger partial charge is 0.294 e. The van der Waals surface area contributed by atoms with Gasteiger partial charge in [-0.3, -0.25) is 9.59 Å². The lowest BCUT2D eigenvalue weighted by Gasteiger charge is -2.31. The molecule has 2 aliphatic rings. The lowest BCUT2D eigenvalue weighted by Crippen LogP contribution is -2.32. The molecule has 0 saturated heterocycles. The molecule has 2 bridgehead atoms. The lowest BCUT2D eigenvalue weighted by atomic mass is 9.70. The van der Waals surface area contributed by atoms with Gasteiger partial charge in [0.1, 0.15) is 0 Å². The molecule has 1 aromatic carbocycles. The highest BCUT2D eigenvalue weighted by Crippen LogP contribution is 2.65. The molecular formula is C18H20O2. The molecule has 0 spiro atoms. The first-order chi connectivity index (χ1) is 9.38. The van der Waals surface area contributed by atoms with Crippen LogP contribution in [0.1, 0.15) is 44.0 Å². The number of allylic oxidation sites excluding steroid dienone is 2. The average Bonchev–Trinajstić information content (AvgIpc) is 2.74. The van der Waals surface area contributed by atoms with Crippen molar-refractivity contribution in [3.05, 3.63) is 47.5 Å². The maximum atomic E-state index is 12.7. The maximum Gasteiger partial charge on any atom is 0.186 e. The maximum absolute atomic E-state index is 12.7. The van der Waals surface area contributed by atoms with Crippen molar-refractivity contribution in [2.24, 2.45) is 16.7 Å². The molecule has 2 fully saturated rings. The van der Waals surface area contributed by atoms with Crippen molar-refractivity contribution in [1.29, 1.82) is 0 Å². The molecular weight excluding hydrogens is 248 g/mol. The molecule has 2 saturated carbocycles. The highest BCUT2D eigenvalue weighted by atomic mass is 16.1. The van der Waals surface area contributed by atoms with Crippen molar-refractivity contribution in [2.75, 3.05) is 0 Å². The number of fused-ring (bicyclic) bond motifs is 2. The first-order valence-electron chi connectivity index (χ1n) is 7.24. The molecule has 0 heterocycles. The first kappa shape index (κ1) is 13.3. The number of carbonyl (C=O) groups is 2. The van der Waals surface area contributed by atoms with E-state index in [-0.39, 0.29) is 28.3 Å². The molecule has 0 unspecified atom stereocenters. The molecule has 104 valence electrons. The molecule has 2 atom stereocenters. The van der Waals surface area contributed by atoms with Crippen LogP contribution in [0.3, 0.4) is 0 Å². The first-order valence-corrected chi connectivity index (χ1v) is 7.24. The molecule has 2 heteroatoms. The predicted octanol–water partition coefficient (Wildman–Crippen LogP) is 3.82. The van der Waals surface area contributed by atoms with Crippen molar-refractivity contribution in [1.82, 2.24) is 0 Å². The highest BCUT2D eigenvalue weighted by Gasteiger charge is 2.63. The van der Waals surface area contributed by atoms with Gasteiger partial charge in [0.15, 0.2) is 11.6 Å². The topological polar surface area (TPSA) is 34.1 Å². The standard InChI is InChI=1S/C18H20O2/c1-17(2)14-9-10-18(17,3)16(20)13(14)11-15(19)12-7-5-4-6-8-12/h4-8,11,14H,9-10H2,1-3H3/b13-11-/t14-,18+/m1/s1. The number of carbonyl (C=O) groups excluding carboxylic acids is 2. The van der Waals surface area contributed by atoms with Crippen molar-refractivity contribution in [2.45, 2.75) is 33.6 Å². The Bertz CT molecular complexity index is 610. The summed E-state index contributed by atoms with van der Waals surface area (Å²) in [6.07, 6.45) is 3.55. The number of Topliss-reactive ketones (excluding diaryl/α,β-unsaturated/α-hetero) is 1. The summed E-state index contributed by atoms with van der Waals surface area (Å²) in [5, 5.41) is 0. The van der Waals surface area contributed by atoms with E-state index in [0.29, 0.717) is 5.56 Å². The van der Waals surface area contributed by atoms with Crippen LogP contribution in [-0.4, -0.2) is 11.6 Å². The van der Waals surface area contributed by atoms with Crippen LogP contribution in [0, 0.1) is 16.7 Å². The summed E-state index contributed by atoms with van der Waals surface area (Å²) < 4.78 is 0. The number of rotatable bonds is 2. The third-order valence-corrected chi connectivity index (χ3v) is 5.71. The summed E-state index contributed by atoms with van der Waals surface area (Å²) in [5.74, 6) is 0.358. The zero-order valence-electron chi connectivity index (χ0n) is 12.3. The summed E-state index contributed by atoms with van der Waals surface area (Å²) in [6.45, 7) is 6.38. The summed E-state index contributed by atoms with van der Waals surface area (Å²) in [5.41, 5.74) is 1.07. The molecule has 2 aliphatic carbocycles. The van der Waals surface area contributed by atoms with Gasteiger partial charge in [-0.25, -0.2) is 0 Å². The van der Waals surface area contributed by atoms with Gasteiger partial charge in [-0.15, -0.1) is 0 Å². The van der Waals surface area contributed by atoms with Gasteiger partial charge < -0.3 is 0 Å². The fraction of sp³-hybridized carbons (Fsp3) is 0.444. The van der Waals surface area contributed by atoms with Crippen molar-refractivity contribution in [3.63, 3.8) is 0 Å². The minimum absolute atomic E-state index is 0.0348. The summed E-state index contributed by atoms with van der Waals surface area (Å²) in [7, 11) is 0. The zero-order chi connectivity index (χ0) is 14.5. The van der Waals surface area contributed by atoms with Crippen molar-refractivity contribution < 1.29 is 9.59 Å². The third-order valence-electron chi connectivity index (χ3n) is 5.71. The Balaban J connectivity index is 1.99.